The molecule has 9 nitrogen and oxygen atoms in total. The summed E-state index contributed by atoms with van der Waals surface area (Å²) in [7, 11) is 0. The number of H-pyrrole nitrogens is 1. The van der Waals surface area contributed by atoms with E-state index in [2.05, 4.69) is 9.97 Å². The number of nitrogen functional groups attached to an aromatic ring is 1. The van der Waals surface area contributed by atoms with Gasteiger partial charge in [0.05, 0.1) is 18.9 Å². The number of nitrogens with two attached hydrogens (primary N) is 1. The second-order valence-corrected chi connectivity index (χ2v) is 4.14. The van der Waals surface area contributed by atoms with Crippen LogP contribution in [0.2, 0.25) is 0 Å². The van der Waals surface area contributed by atoms with Crippen LogP contribution in [0.1, 0.15) is 5.69 Å². The Hall–Kier alpha value is -1.52. The van der Waals surface area contributed by atoms with Gasteiger partial charge in [-0.1, -0.05) is 0 Å². The van der Waals surface area contributed by atoms with Gasteiger partial charge in [0, 0.05) is 6.07 Å². The third-order valence-electron chi connectivity index (χ3n) is 2.71. The molecule has 0 amide bonds. The van der Waals surface area contributed by atoms with Gasteiger partial charge in [0.25, 0.3) is 5.56 Å². The van der Waals surface area contributed by atoms with E-state index in [1.165, 1.54) is 6.07 Å². The maximum Gasteiger partial charge on any atom is 0.252 e. The van der Waals surface area contributed by atoms with Crippen molar-refractivity contribution in [2.45, 2.75) is 31.2 Å². The van der Waals surface area contributed by atoms with Crippen molar-refractivity contribution >= 4 is 5.95 Å². The molecule has 9 heteroatoms. The number of aromatic nitrogens is 2. The first-order valence-electron chi connectivity index (χ1n) is 5.61. The van der Waals surface area contributed by atoms with Gasteiger partial charge < -0.3 is 30.5 Å². The van der Waals surface area contributed by atoms with Crippen LogP contribution >= 0.6 is 0 Å². The molecule has 1 aliphatic rings. The van der Waals surface area contributed by atoms with Crippen molar-refractivity contribution in [2.75, 3.05) is 12.3 Å². The highest BCUT2D eigenvalue weighted by atomic mass is 16.7. The molecule has 1 fully saturated rings. The predicted molar refractivity (Wildman–Crippen MR) is 61.8 cm³/mol. The maximum absolute atomic E-state index is 11.1. The summed E-state index contributed by atoms with van der Waals surface area (Å²) in [6.07, 6.45) is -4.52. The molecule has 6 N–H and O–H groups in total. The van der Waals surface area contributed by atoms with Crippen LogP contribution in [0.4, 0.5) is 5.95 Å². The van der Waals surface area contributed by atoms with E-state index in [0.29, 0.717) is 0 Å². The molecular formula is C10H15N3O6. The topological polar surface area (TPSA) is 151 Å². The second-order valence-electron chi connectivity index (χ2n) is 4.14. The van der Waals surface area contributed by atoms with Crippen molar-refractivity contribution < 1.29 is 24.8 Å². The Labute approximate surface area is 107 Å². The zero-order valence-electron chi connectivity index (χ0n) is 9.89. The first-order valence-corrected chi connectivity index (χ1v) is 5.61. The number of aromatic amines is 1. The molecule has 1 aromatic heterocycles. The number of hydrogen-bond acceptors (Lipinski definition) is 8. The lowest BCUT2D eigenvalue weighted by Crippen LogP contribution is -2.34. The lowest BCUT2D eigenvalue weighted by molar-refractivity contribution is -0.176. The van der Waals surface area contributed by atoms with Gasteiger partial charge >= 0.3 is 0 Å². The minimum absolute atomic E-state index is 0.0488. The van der Waals surface area contributed by atoms with Crippen molar-refractivity contribution in [3.8, 4) is 0 Å². The highest BCUT2D eigenvalue weighted by Crippen LogP contribution is 2.22. The summed E-state index contributed by atoms with van der Waals surface area (Å²) in [5, 5.41) is 28.0. The van der Waals surface area contributed by atoms with E-state index >= 15 is 0 Å². The number of nitrogens with one attached hydrogen (secondary N) is 1. The first kappa shape index (κ1) is 13.9. The van der Waals surface area contributed by atoms with Gasteiger partial charge in [0.1, 0.15) is 18.3 Å². The van der Waals surface area contributed by atoms with Gasteiger partial charge in [-0.15, -0.1) is 0 Å². The van der Waals surface area contributed by atoms with Crippen LogP contribution in [-0.4, -0.2) is 56.5 Å². The zero-order chi connectivity index (χ0) is 14.0. The lowest BCUT2D eigenvalue weighted by atomic mass is 10.1. The van der Waals surface area contributed by atoms with Crippen molar-refractivity contribution in [3.63, 3.8) is 0 Å². The molecule has 0 spiro atoms. The van der Waals surface area contributed by atoms with Crippen LogP contribution in [0, 0.1) is 0 Å². The van der Waals surface area contributed by atoms with Crippen LogP contribution < -0.4 is 11.3 Å². The van der Waals surface area contributed by atoms with Crippen molar-refractivity contribution in [1.29, 1.82) is 0 Å². The fourth-order valence-corrected chi connectivity index (χ4v) is 1.77. The predicted octanol–water partition coefficient (Wildman–Crippen LogP) is -2.69. The molecule has 1 aromatic rings. The average Bonchev–Trinajstić information content (AvgIpc) is 2.62. The molecule has 0 bridgehead atoms. The Morgan fingerprint density at radius 2 is 2.21 bits per heavy atom. The minimum atomic E-state index is -1.28. The summed E-state index contributed by atoms with van der Waals surface area (Å²) >= 11 is 0. The molecule has 2 heterocycles. The highest BCUT2D eigenvalue weighted by molar-refractivity contribution is 5.16. The first-order chi connectivity index (χ1) is 9.01. The van der Waals surface area contributed by atoms with E-state index in [9.17, 15) is 15.0 Å². The number of anilines is 1. The molecule has 1 saturated heterocycles. The fraction of sp³-hybridized carbons (Fsp3) is 0.600. The third-order valence-corrected chi connectivity index (χ3v) is 2.71. The molecule has 2 rings (SSSR count). The molecule has 0 saturated carbocycles. The fourth-order valence-electron chi connectivity index (χ4n) is 1.77. The summed E-state index contributed by atoms with van der Waals surface area (Å²) in [6.45, 7) is -0.561. The Morgan fingerprint density at radius 3 is 2.79 bits per heavy atom. The largest absolute Gasteiger partial charge is 0.394 e. The zero-order valence-corrected chi connectivity index (χ0v) is 9.89. The smallest absolute Gasteiger partial charge is 0.252 e. The Balaban J connectivity index is 1.97. The quantitative estimate of drug-likeness (QED) is 0.398. The van der Waals surface area contributed by atoms with E-state index in [1.807, 2.05) is 0 Å². The van der Waals surface area contributed by atoms with Crippen LogP contribution in [0.15, 0.2) is 10.9 Å². The van der Waals surface area contributed by atoms with Crippen molar-refractivity contribution in [1.82, 2.24) is 9.97 Å². The second kappa shape index (κ2) is 5.63. The molecule has 106 valence electrons. The molecule has 0 aliphatic carbocycles. The van der Waals surface area contributed by atoms with Gasteiger partial charge in [-0.2, -0.15) is 0 Å². The Bertz CT molecular complexity index is 492. The number of nitrogens with zero attached hydrogens (tertiary/aromatic N) is 1. The molecular weight excluding hydrogens is 258 g/mol. The van der Waals surface area contributed by atoms with Crippen molar-refractivity contribution in [2.24, 2.45) is 0 Å². The maximum atomic E-state index is 11.1. The van der Waals surface area contributed by atoms with E-state index in [-0.39, 0.29) is 18.2 Å². The van der Waals surface area contributed by atoms with Crippen LogP contribution in [-0.2, 0) is 16.1 Å². The molecule has 0 radical (unpaired) electrons. The molecule has 1 aliphatic heterocycles. The summed E-state index contributed by atoms with van der Waals surface area (Å²) in [5.74, 6) is -0.0488. The number of hydrogen-bond donors (Lipinski definition) is 5. The molecule has 0 aromatic carbocycles. The van der Waals surface area contributed by atoms with Crippen molar-refractivity contribution in [3.05, 3.63) is 22.1 Å². The van der Waals surface area contributed by atoms with E-state index in [1.54, 1.807) is 0 Å². The summed E-state index contributed by atoms with van der Waals surface area (Å²) in [6, 6.07) is 1.19. The van der Waals surface area contributed by atoms with Crippen LogP contribution in [0.25, 0.3) is 0 Å². The highest BCUT2D eigenvalue weighted by Gasteiger charge is 2.43. The SMILES string of the molecule is Nc1nc(CO[C@@H]2O[C@H](CO)[C@@H](O)[C@H]2O)cc(=O)[nH]1. The summed E-state index contributed by atoms with van der Waals surface area (Å²) in [4.78, 5) is 17.2. The summed E-state index contributed by atoms with van der Waals surface area (Å²) < 4.78 is 10.3. The average molecular weight is 273 g/mol. The van der Waals surface area contributed by atoms with Crippen LogP contribution in [0.3, 0.4) is 0 Å². The van der Waals surface area contributed by atoms with Gasteiger partial charge in [-0.3, -0.25) is 9.78 Å². The normalized spacial score (nSPS) is 30.7. The molecule has 0 unspecified atom stereocenters. The number of aliphatic hydroxyl groups is 3. The van der Waals surface area contributed by atoms with Gasteiger partial charge in [0.15, 0.2) is 6.29 Å². The molecule has 19 heavy (non-hydrogen) atoms. The number of aliphatic hydroxyl groups excluding tert-OH is 3. The minimum Gasteiger partial charge on any atom is -0.394 e. The standard InChI is InChI=1S/C10H15N3O6/c11-10-12-4(1-6(15)13-10)3-18-9-8(17)7(16)5(2-14)19-9/h1,5,7-9,14,16-17H,2-3H2,(H3,11,12,13,15)/t5-,7-,8-,9-/m1/s1. The van der Waals surface area contributed by atoms with Gasteiger partial charge in [0.2, 0.25) is 5.95 Å². The Morgan fingerprint density at radius 1 is 1.47 bits per heavy atom. The number of rotatable bonds is 4. The van der Waals surface area contributed by atoms with Gasteiger partial charge in [-0.05, 0) is 0 Å². The van der Waals surface area contributed by atoms with E-state index in [0.717, 1.165) is 0 Å². The van der Waals surface area contributed by atoms with E-state index in [4.69, 9.17) is 20.3 Å². The lowest BCUT2D eigenvalue weighted by Gasteiger charge is -2.15. The van der Waals surface area contributed by atoms with E-state index < -0.39 is 36.8 Å². The Kier molecular flexibility index (Phi) is 4.12. The molecule has 4 atom stereocenters. The monoisotopic (exact) mass is 273 g/mol. The summed E-state index contributed by atoms with van der Waals surface area (Å²) in [5.41, 5.74) is 5.20. The number of ether oxygens (including phenoxy) is 2. The van der Waals surface area contributed by atoms with Crippen LogP contribution in [0.5, 0.6) is 0 Å². The third kappa shape index (κ3) is 3.08. The van der Waals surface area contributed by atoms with Gasteiger partial charge in [-0.25, -0.2) is 4.98 Å².